The molecule has 2 aromatic heterocycles. The number of anilines is 6. The van der Waals surface area contributed by atoms with Gasteiger partial charge in [-0.1, -0.05) is 327 Å². The van der Waals surface area contributed by atoms with Crippen LogP contribution in [-0.2, 0) is 10.8 Å². The highest BCUT2D eigenvalue weighted by Gasteiger charge is 2.46. The van der Waals surface area contributed by atoms with E-state index >= 15 is 0 Å². The lowest BCUT2D eigenvalue weighted by molar-refractivity contribution is 0.590. The highest BCUT2D eigenvalue weighted by molar-refractivity contribution is 7.00. The normalized spacial score (nSPS) is 12.7. The number of benzene rings is 17. The smallest absolute Gasteiger partial charge is 0.252 e. The van der Waals surface area contributed by atoms with Crippen LogP contribution in [0.5, 0.6) is 0 Å². The number of aryl methyl sites for hydroxylation is 1. The van der Waals surface area contributed by atoms with E-state index in [1.54, 1.807) is 0 Å². The molecule has 19 aromatic rings. The van der Waals surface area contributed by atoms with Gasteiger partial charge in [0.15, 0.2) is 0 Å². The predicted molar refractivity (Wildman–Crippen MR) is 551 cm³/mol. The molecule has 624 valence electrons. The van der Waals surface area contributed by atoms with Gasteiger partial charge in [-0.15, -0.1) is 0 Å². The minimum Gasteiger partial charge on any atom is -0.310 e. The molecule has 0 N–H and O–H groups in total. The molecule has 5 heteroatoms. The quantitative estimate of drug-likeness (QED) is 0.0897. The first-order valence-corrected chi connectivity index (χ1v) is 46.1. The van der Waals surface area contributed by atoms with Gasteiger partial charge in [0.05, 0.1) is 33.4 Å². The summed E-state index contributed by atoms with van der Waals surface area (Å²) in [5.41, 5.74) is 44.3. The summed E-state index contributed by atoms with van der Waals surface area (Å²) >= 11 is 0. The van der Waals surface area contributed by atoms with Gasteiger partial charge in [-0.2, -0.15) is 0 Å². The maximum absolute atomic E-state index is 2.76. The van der Waals surface area contributed by atoms with Crippen LogP contribution in [0.3, 0.4) is 0 Å². The Morgan fingerprint density at radius 3 is 0.797 bits per heavy atom. The van der Waals surface area contributed by atoms with Gasteiger partial charge < -0.3 is 18.9 Å². The van der Waals surface area contributed by atoms with E-state index in [2.05, 4.69) is 487 Å². The number of fused-ring (bicyclic) bond motifs is 10. The predicted octanol–water partition coefficient (Wildman–Crippen LogP) is 32.7. The van der Waals surface area contributed by atoms with Crippen LogP contribution in [0.25, 0.3) is 144 Å². The van der Waals surface area contributed by atoms with Crippen molar-refractivity contribution in [3.05, 3.63) is 403 Å². The lowest BCUT2D eigenvalue weighted by Gasteiger charge is -2.46. The van der Waals surface area contributed by atoms with Crippen molar-refractivity contribution >= 4 is 101 Å². The minimum atomic E-state index is -0.294. The van der Waals surface area contributed by atoms with Crippen molar-refractivity contribution < 1.29 is 0 Å². The molecule has 0 saturated carbocycles. The summed E-state index contributed by atoms with van der Waals surface area (Å²) in [7, 11) is 0. The number of aromatic nitrogens is 2. The first-order chi connectivity index (χ1) is 61.9. The fourth-order valence-corrected chi connectivity index (χ4v) is 20.5. The molecule has 128 heavy (non-hydrogen) atoms. The third-order valence-corrected chi connectivity index (χ3v) is 27.5. The standard InChI is InChI=1S/C123H109BN4/c1-76(2)85-48-56-111-105(66-85)106-67-86(77(3)4)49-57-112(106)125(111)99-52-54-109-115(74-99)127(120-101(83-36-24-18-25-37-83)70-97(122(10,11)12)72-103(120)95-46-30-44-93(64-95)91-42-28-40-89(62-91)81-32-20-16-21-33-81)117-60-80(9)61-118-119(117)124(109)110-55-53-100(126-113-58-50-87(78(5)6)68-107(113)108-69-88(79(7)8)51-59-114(108)126)75-116(110)128(118)121-102(84-38-26-19-27-39-84)71-98(123(13,14)15)73-104(121)96-47-31-45-94(65-96)92-43-29-41-90(63-92)82-34-22-17-23-35-82/h16-79H,1-15H3. The van der Waals surface area contributed by atoms with Crippen molar-refractivity contribution in [1.82, 2.24) is 9.13 Å². The molecular formula is C123H109BN4. The monoisotopic (exact) mass is 1650 g/mol. The van der Waals surface area contributed by atoms with Crippen LogP contribution in [0.1, 0.15) is 160 Å². The van der Waals surface area contributed by atoms with Gasteiger partial charge in [-0.3, -0.25) is 0 Å². The lowest BCUT2D eigenvalue weighted by Crippen LogP contribution is -2.61. The molecule has 0 bridgehead atoms. The third-order valence-electron chi connectivity index (χ3n) is 27.5. The van der Waals surface area contributed by atoms with E-state index in [4.69, 9.17) is 0 Å². The van der Waals surface area contributed by atoms with E-state index in [9.17, 15) is 0 Å². The molecule has 0 unspecified atom stereocenters. The van der Waals surface area contributed by atoms with Gasteiger partial charge in [0, 0.05) is 77.9 Å². The molecule has 0 aliphatic carbocycles. The minimum absolute atomic E-state index is 0.265. The van der Waals surface area contributed by atoms with Crippen molar-refractivity contribution in [2.75, 3.05) is 9.80 Å². The van der Waals surface area contributed by atoms with Crippen LogP contribution < -0.4 is 26.2 Å². The van der Waals surface area contributed by atoms with Crippen molar-refractivity contribution in [2.24, 2.45) is 0 Å². The third kappa shape index (κ3) is 14.2. The summed E-state index contributed by atoms with van der Waals surface area (Å²) in [6, 6.07) is 141. The molecule has 0 atom stereocenters. The zero-order valence-electron chi connectivity index (χ0n) is 76.3. The molecule has 0 saturated heterocycles. The Balaban J connectivity index is 0.910. The van der Waals surface area contributed by atoms with Gasteiger partial charge in [0.2, 0.25) is 0 Å². The highest BCUT2D eigenvalue weighted by Crippen LogP contribution is 2.56. The molecule has 4 heterocycles. The summed E-state index contributed by atoms with van der Waals surface area (Å²) in [4.78, 5) is 5.52. The molecule has 0 radical (unpaired) electrons. The van der Waals surface area contributed by atoms with E-state index in [-0.39, 0.29) is 17.5 Å². The van der Waals surface area contributed by atoms with E-state index in [0.29, 0.717) is 23.7 Å². The molecule has 21 rings (SSSR count). The van der Waals surface area contributed by atoms with Crippen molar-refractivity contribution in [1.29, 1.82) is 0 Å². The highest BCUT2D eigenvalue weighted by atomic mass is 15.2. The molecule has 0 spiro atoms. The maximum Gasteiger partial charge on any atom is 0.252 e. The first kappa shape index (κ1) is 81.1. The first-order valence-electron chi connectivity index (χ1n) is 46.1. The topological polar surface area (TPSA) is 16.3 Å². The molecular weight excluding hydrogens is 1540 g/mol. The van der Waals surface area contributed by atoms with Crippen LogP contribution in [0.4, 0.5) is 34.1 Å². The van der Waals surface area contributed by atoms with Gasteiger partial charge >= 0.3 is 0 Å². The Morgan fingerprint density at radius 2 is 0.500 bits per heavy atom. The van der Waals surface area contributed by atoms with E-state index < -0.39 is 0 Å². The molecule has 4 nitrogen and oxygen atoms in total. The SMILES string of the molecule is Cc1cc2c3c(c1)N(c1c(-c4ccccc4)cc(C(C)(C)C)cc1-c1cccc(-c4cccc(-c5ccccc5)c4)c1)c1cc(-n4c5ccc(C(C)C)cc5c5cc(C(C)C)ccc54)ccc1B3c1ccc(-n3c4ccc(C(C)C)cc4c4cc(C(C)C)ccc43)cc1N2c1c(-c2ccccc2)cc(C(C)(C)C)cc1-c1cccc(-c2cccc(-c3ccccc3)c2)c1. The van der Waals surface area contributed by atoms with Crippen molar-refractivity contribution in [2.45, 2.75) is 138 Å². The fourth-order valence-electron chi connectivity index (χ4n) is 20.5. The van der Waals surface area contributed by atoms with Crippen LogP contribution in [0.2, 0.25) is 0 Å². The van der Waals surface area contributed by atoms with E-state index in [0.717, 1.165) is 118 Å². The fraction of sp³-hybridized carbons (Fsp3) is 0.171. The van der Waals surface area contributed by atoms with Gasteiger partial charge in [-0.25, -0.2) is 0 Å². The summed E-state index contributed by atoms with van der Waals surface area (Å²) < 4.78 is 5.16. The molecule has 2 aliphatic heterocycles. The average molecular weight is 1650 g/mol. The zero-order chi connectivity index (χ0) is 87.9. The Hall–Kier alpha value is -14.0. The van der Waals surface area contributed by atoms with E-state index in [1.807, 2.05) is 0 Å². The molecule has 0 amide bonds. The van der Waals surface area contributed by atoms with Crippen LogP contribution in [0.15, 0.2) is 364 Å². The Morgan fingerprint density at radius 1 is 0.234 bits per heavy atom. The van der Waals surface area contributed by atoms with Crippen LogP contribution >= 0.6 is 0 Å². The van der Waals surface area contributed by atoms with Crippen molar-refractivity contribution in [3.63, 3.8) is 0 Å². The summed E-state index contributed by atoms with van der Waals surface area (Å²) in [6.07, 6.45) is 0. The second kappa shape index (κ2) is 31.8. The number of hydrogen-bond donors (Lipinski definition) is 0. The van der Waals surface area contributed by atoms with Gasteiger partial charge in [0.25, 0.3) is 6.71 Å². The Kier molecular flexibility index (Phi) is 20.2. The summed E-state index contributed by atoms with van der Waals surface area (Å²) in [6.45, 7) is 34.9. The van der Waals surface area contributed by atoms with Crippen molar-refractivity contribution in [3.8, 4) is 100 Å². The largest absolute Gasteiger partial charge is 0.310 e. The van der Waals surface area contributed by atoms with Gasteiger partial charge in [-0.05, 0) is 297 Å². The van der Waals surface area contributed by atoms with E-state index in [1.165, 1.54) is 116 Å². The second-order valence-corrected chi connectivity index (χ2v) is 39.3. The van der Waals surface area contributed by atoms with Gasteiger partial charge in [0.1, 0.15) is 0 Å². The number of hydrogen-bond acceptors (Lipinski definition) is 2. The summed E-state index contributed by atoms with van der Waals surface area (Å²) in [5, 5.41) is 5.07. The molecule has 17 aromatic carbocycles. The number of nitrogens with zero attached hydrogens (tertiary/aromatic N) is 4. The van der Waals surface area contributed by atoms with Crippen LogP contribution in [0, 0.1) is 6.92 Å². The number of rotatable bonds is 16. The molecule has 2 aliphatic rings. The Bertz CT molecular complexity index is 7010. The van der Waals surface area contributed by atoms with Crippen LogP contribution in [-0.4, -0.2) is 15.8 Å². The summed E-state index contributed by atoms with van der Waals surface area (Å²) in [5.74, 6) is 1.38. The second-order valence-electron chi connectivity index (χ2n) is 39.3. The lowest BCUT2D eigenvalue weighted by atomic mass is 9.33. The maximum atomic E-state index is 2.76. The molecule has 0 fully saturated rings. The average Bonchev–Trinajstić information content (AvgIpc) is 0.877. The Labute approximate surface area is 756 Å². The zero-order valence-corrected chi connectivity index (χ0v) is 76.3.